The molecule has 0 aromatic carbocycles. The fourth-order valence-corrected chi connectivity index (χ4v) is 2.86. The van der Waals surface area contributed by atoms with Crippen molar-refractivity contribution in [3.63, 3.8) is 0 Å². The Hall–Kier alpha value is -1.96. The van der Waals surface area contributed by atoms with Crippen LogP contribution in [0.5, 0.6) is 0 Å². The third-order valence-corrected chi connectivity index (χ3v) is 4.01. The summed E-state index contributed by atoms with van der Waals surface area (Å²) in [4.78, 5) is 24.7. The smallest absolute Gasteiger partial charge is 0.332 e. The summed E-state index contributed by atoms with van der Waals surface area (Å²) in [6, 6.07) is 0. The van der Waals surface area contributed by atoms with Crippen molar-refractivity contribution in [2.45, 2.75) is 51.0 Å². The molecule has 3 rings (SSSR count). The van der Waals surface area contributed by atoms with Crippen molar-refractivity contribution in [3.8, 4) is 0 Å². The molecule has 1 aromatic rings. The summed E-state index contributed by atoms with van der Waals surface area (Å²) in [5.41, 5.74) is 0. The second kappa shape index (κ2) is 5.44. The number of carbonyl (C=O) groups is 2. The summed E-state index contributed by atoms with van der Waals surface area (Å²) >= 11 is 0. The quantitative estimate of drug-likeness (QED) is 0.827. The maximum Gasteiger partial charge on any atom is 0.332 e. The van der Waals surface area contributed by atoms with Gasteiger partial charge in [0.2, 0.25) is 0 Å². The minimum absolute atomic E-state index is 0.200. The number of amides is 1. The topological polar surface area (TPSA) is 97.6 Å². The van der Waals surface area contributed by atoms with Crippen molar-refractivity contribution in [2.75, 3.05) is 7.05 Å². The van der Waals surface area contributed by atoms with Crippen LogP contribution < -0.4 is 0 Å². The number of carbonyl (C=O) groups excluding carboxylic acids is 1. The molecule has 2 atom stereocenters. The predicted molar refractivity (Wildman–Crippen MR) is 70.3 cm³/mol. The van der Waals surface area contributed by atoms with Gasteiger partial charge in [-0.2, -0.15) is 0 Å². The first-order chi connectivity index (χ1) is 10.1. The maximum atomic E-state index is 12.3. The number of carboxylic acid groups (broad SMARTS) is 1. The molecule has 1 saturated heterocycles. The Bertz CT molecular complexity index is 571. The van der Waals surface area contributed by atoms with Gasteiger partial charge in [-0.3, -0.25) is 4.79 Å². The molecular weight excluding hydrogens is 276 g/mol. The monoisotopic (exact) mass is 294 g/mol. The lowest BCUT2D eigenvalue weighted by atomic mass is 10.2. The van der Waals surface area contributed by atoms with Crippen LogP contribution >= 0.6 is 0 Å². The van der Waals surface area contributed by atoms with E-state index in [0.717, 1.165) is 31.0 Å². The minimum atomic E-state index is -1.01. The van der Waals surface area contributed by atoms with E-state index in [-0.39, 0.29) is 5.91 Å². The maximum absolute atomic E-state index is 12.3. The van der Waals surface area contributed by atoms with Gasteiger partial charge in [-0.05, 0) is 19.3 Å². The predicted octanol–water partition coefficient (Wildman–Crippen LogP) is -0.185. The van der Waals surface area contributed by atoms with E-state index in [9.17, 15) is 9.59 Å². The summed E-state index contributed by atoms with van der Waals surface area (Å²) in [6.07, 6.45) is 1.26. The van der Waals surface area contributed by atoms with Crippen LogP contribution in [0.25, 0.3) is 0 Å². The molecule has 8 nitrogen and oxygen atoms in total. The molecule has 2 unspecified atom stereocenters. The highest BCUT2D eigenvalue weighted by Crippen LogP contribution is 2.22. The largest absolute Gasteiger partial charge is 0.479 e. The van der Waals surface area contributed by atoms with Crippen molar-refractivity contribution in [3.05, 3.63) is 11.6 Å². The minimum Gasteiger partial charge on any atom is -0.479 e. The number of aromatic nitrogens is 3. The number of rotatable bonds is 4. The standard InChI is InChI=1S/C13H18N4O4/c1-16(7-11-15-14-10-3-2-6-17(10)11)12(18)8-4-5-9(21-8)13(19)20/h8-9H,2-7H2,1H3,(H,19,20). The summed E-state index contributed by atoms with van der Waals surface area (Å²) in [7, 11) is 1.68. The van der Waals surface area contributed by atoms with Crippen LogP contribution in [0.1, 0.15) is 30.9 Å². The molecule has 0 bridgehead atoms. The number of aryl methyl sites for hydroxylation is 1. The van der Waals surface area contributed by atoms with Crippen molar-refractivity contribution in [1.82, 2.24) is 19.7 Å². The average molecular weight is 294 g/mol. The van der Waals surface area contributed by atoms with E-state index in [1.165, 1.54) is 4.90 Å². The third kappa shape index (κ3) is 2.63. The molecule has 0 spiro atoms. The van der Waals surface area contributed by atoms with E-state index >= 15 is 0 Å². The first-order valence-corrected chi connectivity index (χ1v) is 7.10. The summed E-state index contributed by atoms with van der Waals surface area (Å²) in [5.74, 6) is 0.525. The van der Waals surface area contributed by atoms with E-state index < -0.39 is 18.2 Å². The Morgan fingerprint density at radius 2 is 2.14 bits per heavy atom. The first-order valence-electron chi connectivity index (χ1n) is 7.10. The molecule has 1 fully saturated rings. The van der Waals surface area contributed by atoms with Gasteiger partial charge in [0.25, 0.3) is 5.91 Å². The number of likely N-dealkylation sites (N-methyl/N-ethyl adjacent to an activating group) is 1. The third-order valence-electron chi connectivity index (χ3n) is 4.01. The molecule has 0 aliphatic carbocycles. The number of fused-ring (bicyclic) bond motifs is 1. The Morgan fingerprint density at radius 1 is 1.38 bits per heavy atom. The second-order valence-electron chi connectivity index (χ2n) is 5.51. The zero-order valence-corrected chi connectivity index (χ0v) is 11.9. The molecule has 0 saturated carbocycles. The second-order valence-corrected chi connectivity index (χ2v) is 5.51. The Labute approximate surface area is 121 Å². The van der Waals surface area contributed by atoms with Gasteiger partial charge in [0, 0.05) is 20.0 Å². The molecule has 2 aliphatic heterocycles. The van der Waals surface area contributed by atoms with Crippen molar-refractivity contribution in [2.24, 2.45) is 0 Å². The van der Waals surface area contributed by atoms with Gasteiger partial charge >= 0.3 is 5.97 Å². The summed E-state index contributed by atoms with van der Waals surface area (Å²) < 4.78 is 7.33. The van der Waals surface area contributed by atoms with Crippen molar-refractivity contribution >= 4 is 11.9 Å². The van der Waals surface area contributed by atoms with Crippen molar-refractivity contribution < 1.29 is 19.4 Å². The molecule has 0 radical (unpaired) electrons. The van der Waals surface area contributed by atoms with Gasteiger partial charge in [0.05, 0.1) is 6.54 Å². The molecule has 2 aliphatic rings. The molecule has 114 valence electrons. The van der Waals surface area contributed by atoms with Gasteiger partial charge in [-0.25, -0.2) is 4.79 Å². The normalized spacial score (nSPS) is 24.0. The number of hydrogen-bond acceptors (Lipinski definition) is 5. The number of ether oxygens (including phenoxy) is 1. The van der Waals surface area contributed by atoms with E-state index in [4.69, 9.17) is 9.84 Å². The zero-order valence-electron chi connectivity index (χ0n) is 11.9. The lowest BCUT2D eigenvalue weighted by Gasteiger charge is -2.20. The highest BCUT2D eigenvalue weighted by Gasteiger charge is 2.36. The van der Waals surface area contributed by atoms with E-state index in [2.05, 4.69) is 10.2 Å². The Kier molecular flexibility index (Phi) is 3.62. The highest BCUT2D eigenvalue weighted by molar-refractivity contribution is 5.82. The lowest BCUT2D eigenvalue weighted by molar-refractivity contribution is -0.154. The average Bonchev–Trinajstić information content (AvgIpc) is 3.15. The van der Waals surface area contributed by atoms with Crippen LogP contribution in [-0.4, -0.2) is 55.9 Å². The summed E-state index contributed by atoms with van der Waals surface area (Å²) in [6.45, 7) is 1.25. The Morgan fingerprint density at radius 3 is 2.86 bits per heavy atom. The first kappa shape index (κ1) is 14.0. The van der Waals surface area contributed by atoms with Gasteiger partial charge < -0.3 is 19.3 Å². The molecule has 1 aromatic heterocycles. The van der Waals surface area contributed by atoms with Crippen LogP contribution in [0, 0.1) is 0 Å². The van der Waals surface area contributed by atoms with E-state index in [1.807, 2.05) is 4.57 Å². The van der Waals surface area contributed by atoms with Crippen molar-refractivity contribution in [1.29, 1.82) is 0 Å². The molecule has 1 amide bonds. The highest BCUT2D eigenvalue weighted by atomic mass is 16.5. The van der Waals surface area contributed by atoms with Gasteiger partial charge in [-0.15, -0.1) is 10.2 Å². The lowest BCUT2D eigenvalue weighted by Crippen LogP contribution is -2.37. The number of nitrogens with zero attached hydrogens (tertiary/aromatic N) is 4. The molecule has 8 heteroatoms. The SMILES string of the molecule is CN(Cc1nnc2n1CCC2)C(=O)C1CCC(C(=O)O)O1. The van der Waals surface area contributed by atoms with Gasteiger partial charge in [0.15, 0.2) is 11.9 Å². The Balaban J connectivity index is 1.61. The van der Waals surface area contributed by atoms with Crippen LogP contribution in [0.3, 0.4) is 0 Å². The molecular formula is C13H18N4O4. The number of carboxylic acids is 1. The van der Waals surface area contributed by atoms with E-state index in [0.29, 0.717) is 19.4 Å². The van der Waals surface area contributed by atoms with Gasteiger partial charge in [-0.1, -0.05) is 0 Å². The number of aliphatic carboxylic acids is 1. The van der Waals surface area contributed by atoms with Gasteiger partial charge in [0.1, 0.15) is 11.9 Å². The van der Waals surface area contributed by atoms with Crippen LogP contribution in [0.15, 0.2) is 0 Å². The van der Waals surface area contributed by atoms with Crippen LogP contribution in [-0.2, 0) is 33.8 Å². The zero-order chi connectivity index (χ0) is 15.0. The molecule has 21 heavy (non-hydrogen) atoms. The van der Waals surface area contributed by atoms with Crippen LogP contribution in [0.4, 0.5) is 0 Å². The number of hydrogen-bond donors (Lipinski definition) is 1. The van der Waals surface area contributed by atoms with Crippen LogP contribution in [0.2, 0.25) is 0 Å². The molecule has 3 heterocycles. The fraction of sp³-hybridized carbons (Fsp3) is 0.692. The summed E-state index contributed by atoms with van der Waals surface area (Å²) in [5, 5.41) is 17.1. The van der Waals surface area contributed by atoms with E-state index in [1.54, 1.807) is 7.05 Å². The fourth-order valence-electron chi connectivity index (χ4n) is 2.86. The molecule has 1 N–H and O–H groups in total.